The van der Waals surface area contributed by atoms with Crippen LogP contribution in [0.15, 0.2) is 41.1 Å². The predicted molar refractivity (Wildman–Crippen MR) is 71.5 cm³/mol. The van der Waals surface area contributed by atoms with Crippen LogP contribution < -0.4 is 5.73 Å². The molecular formula is C13H14BrN3. The van der Waals surface area contributed by atoms with E-state index in [1.54, 1.807) is 12.4 Å². The minimum atomic E-state index is -0.107. The lowest BCUT2D eigenvalue weighted by atomic mass is 10.0. The van der Waals surface area contributed by atoms with E-state index in [0.29, 0.717) is 0 Å². The van der Waals surface area contributed by atoms with Gasteiger partial charge in [-0.25, -0.2) is 0 Å². The molecule has 0 saturated carbocycles. The molecule has 2 aromatic rings. The smallest absolute Gasteiger partial charge is 0.0757 e. The molecule has 0 aliphatic rings. The Morgan fingerprint density at radius 3 is 2.47 bits per heavy atom. The van der Waals surface area contributed by atoms with Crippen LogP contribution in [0.4, 0.5) is 0 Å². The first-order valence-electron chi connectivity index (χ1n) is 5.44. The Morgan fingerprint density at radius 2 is 1.88 bits per heavy atom. The average Bonchev–Trinajstić information content (AvgIpc) is 2.33. The standard InChI is InChI=1S/C13H14BrN3/c1-9-7-17-13(8-16-9)12(15)6-10-2-4-11(14)5-3-10/h2-5,7-8,12H,6,15H2,1H3. The van der Waals surface area contributed by atoms with Gasteiger partial charge in [0.05, 0.1) is 23.6 Å². The maximum Gasteiger partial charge on any atom is 0.0757 e. The van der Waals surface area contributed by atoms with Crippen LogP contribution >= 0.6 is 15.9 Å². The van der Waals surface area contributed by atoms with Gasteiger partial charge in [-0.05, 0) is 31.0 Å². The number of hydrogen-bond acceptors (Lipinski definition) is 3. The number of halogens is 1. The van der Waals surface area contributed by atoms with Gasteiger partial charge in [0.25, 0.3) is 0 Å². The molecule has 0 saturated heterocycles. The van der Waals surface area contributed by atoms with E-state index in [1.165, 1.54) is 5.56 Å². The molecule has 4 heteroatoms. The molecule has 2 rings (SSSR count). The first-order valence-corrected chi connectivity index (χ1v) is 6.23. The molecule has 0 radical (unpaired) electrons. The Labute approximate surface area is 109 Å². The summed E-state index contributed by atoms with van der Waals surface area (Å²) in [5.74, 6) is 0. The zero-order chi connectivity index (χ0) is 12.3. The molecule has 0 amide bonds. The summed E-state index contributed by atoms with van der Waals surface area (Å²) in [6, 6.07) is 8.05. The molecule has 17 heavy (non-hydrogen) atoms. The maximum absolute atomic E-state index is 6.10. The highest BCUT2D eigenvalue weighted by Gasteiger charge is 2.08. The summed E-state index contributed by atoms with van der Waals surface area (Å²) in [4.78, 5) is 8.50. The van der Waals surface area contributed by atoms with Crippen molar-refractivity contribution in [2.75, 3.05) is 0 Å². The molecule has 0 bridgehead atoms. The lowest BCUT2D eigenvalue weighted by Crippen LogP contribution is -2.15. The number of benzene rings is 1. The van der Waals surface area contributed by atoms with Gasteiger partial charge < -0.3 is 5.73 Å². The van der Waals surface area contributed by atoms with E-state index in [2.05, 4.69) is 38.0 Å². The Hall–Kier alpha value is -1.26. The first kappa shape index (κ1) is 12.2. The molecule has 0 aliphatic heterocycles. The minimum Gasteiger partial charge on any atom is -0.322 e. The normalized spacial score (nSPS) is 12.4. The molecule has 1 atom stereocenters. The van der Waals surface area contributed by atoms with Crippen molar-refractivity contribution in [2.45, 2.75) is 19.4 Å². The molecule has 3 nitrogen and oxygen atoms in total. The van der Waals surface area contributed by atoms with E-state index < -0.39 is 0 Å². The van der Waals surface area contributed by atoms with Gasteiger partial charge in [0.1, 0.15) is 0 Å². The van der Waals surface area contributed by atoms with Crippen molar-refractivity contribution >= 4 is 15.9 Å². The molecule has 0 fully saturated rings. The Morgan fingerprint density at radius 1 is 1.18 bits per heavy atom. The van der Waals surface area contributed by atoms with Gasteiger partial charge in [-0.2, -0.15) is 0 Å². The second kappa shape index (κ2) is 5.38. The van der Waals surface area contributed by atoms with E-state index in [0.717, 1.165) is 22.3 Å². The van der Waals surface area contributed by atoms with Gasteiger partial charge in [0.15, 0.2) is 0 Å². The third kappa shape index (κ3) is 3.35. The highest BCUT2D eigenvalue weighted by molar-refractivity contribution is 9.10. The van der Waals surface area contributed by atoms with Crippen molar-refractivity contribution in [1.29, 1.82) is 0 Å². The number of nitrogens with zero attached hydrogens (tertiary/aromatic N) is 2. The van der Waals surface area contributed by atoms with Gasteiger partial charge in [-0.1, -0.05) is 28.1 Å². The number of aromatic nitrogens is 2. The van der Waals surface area contributed by atoms with E-state index in [-0.39, 0.29) is 6.04 Å². The lowest BCUT2D eigenvalue weighted by molar-refractivity contribution is 0.689. The number of rotatable bonds is 3. The van der Waals surface area contributed by atoms with Crippen LogP contribution in [0.5, 0.6) is 0 Å². The van der Waals surface area contributed by atoms with Crippen molar-refractivity contribution in [3.8, 4) is 0 Å². The summed E-state index contributed by atoms with van der Waals surface area (Å²) >= 11 is 3.41. The summed E-state index contributed by atoms with van der Waals surface area (Å²) in [5.41, 5.74) is 9.04. The summed E-state index contributed by atoms with van der Waals surface area (Å²) in [6.07, 6.45) is 4.26. The van der Waals surface area contributed by atoms with Crippen molar-refractivity contribution < 1.29 is 0 Å². The van der Waals surface area contributed by atoms with E-state index >= 15 is 0 Å². The van der Waals surface area contributed by atoms with Crippen LogP contribution in [0.2, 0.25) is 0 Å². The molecule has 1 unspecified atom stereocenters. The van der Waals surface area contributed by atoms with Crippen LogP contribution in [0, 0.1) is 6.92 Å². The van der Waals surface area contributed by atoms with E-state index in [9.17, 15) is 0 Å². The number of aryl methyl sites for hydroxylation is 1. The second-order valence-electron chi connectivity index (χ2n) is 4.02. The zero-order valence-electron chi connectivity index (χ0n) is 9.60. The van der Waals surface area contributed by atoms with Crippen LogP contribution in [0.3, 0.4) is 0 Å². The predicted octanol–water partition coefficient (Wildman–Crippen LogP) is 2.79. The summed E-state index contributed by atoms with van der Waals surface area (Å²) in [7, 11) is 0. The molecule has 1 aromatic heterocycles. The Kier molecular flexibility index (Phi) is 3.86. The van der Waals surface area contributed by atoms with Gasteiger partial charge in [-0.15, -0.1) is 0 Å². The number of nitrogens with two attached hydrogens (primary N) is 1. The third-order valence-electron chi connectivity index (χ3n) is 2.55. The van der Waals surface area contributed by atoms with Gasteiger partial charge in [0, 0.05) is 10.7 Å². The molecule has 1 heterocycles. The first-order chi connectivity index (χ1) is 8.15. The molecule has 0 aliphatic carbocycles. The molecule has 0 spiro atoms. The minimum absolute atomic E-state index is 0.107. The highest BCUT2D eigenvalue weighted by atomic mass is 79.9. The highest BCUT2D eigenvalue weighted by Crippen LogP contribution is 2.16. The van der Waals surface area contributed by atoms with Crippen molar-refractivity contribution in [2.24, 2.45) is 5.73 Å². The second-order valence-corrected chi connectivity index (χ2v) is 4.94. The Bertz CT molecular complexity index is 479. The summed E-state index contributed by atoms with van der Waals surface area (Å²) < 4.78 is 1.07. The summed E-state index contributed by atoms with van der Waals surface area (Å²) in [5, 5.41) is 0. The molecule has 2 N–H and O–H groups in total. The fourth-order valence-electron chi connectivity index (χ4n) is 1.57. The fraction of sp³-hybridized carbons (Fsp3) is 0.231. The summed E-state index contributed by atoms with van der Waals surface area (Å²) in [6.45, 7) is 1.91. The van der Waals surface area contributed by atoms with Gasteiger partial charge >= 0.3 is 0 Å². The van der Waals surface area contributed by atoms with Gasteiger partial charge in [-0.3, -0.25) is 9.97 Å². The topological polar surface area (TPSA) is 51.8 Å². The third-order valence-corrected chi connectivity index (χ3v) is 3.08. The van der Waals surface area contributed by atoms with Crippen molar-refractivity contribution in [3.63, 3.8) is 0 Å². The molecule has 88 valence electrons. The van der Waals surface area contributed by atoms with Crippen LogP contribution in [0.1, 0.15) is 23.0 Å². The lowest BCUT2D eigenvalue weighted by Gasteiger charge is -2.10. The van der Waals surface area contributed by atoms with Crippen LogP contribution in [0.25, 0.3) is 0 Å². The zero-order valence-corrected chi connectivity index (χ0v) is 11.2. The van der Waals surface area contributed by atoms with E-state index in [4.69, 9.17) is 5.73 Å². The van der Waals surface area contributed by atoms with Crippen LogP contribution in [-0.2, 0) is 6.42 Å². The monoisotopic (exact) mass is 291 g/mol. The van der Waals surface area contributed by atoms with Gasteiger partial charge in [0.2, 0.25) is 0 Å². The quantitative estimate of drug-likeness (QED) is 0.946. The number of hydrogen-bond donors (Lipinski definition) is 1. The van der Waals surface area contributed by atoms with E-state index in [1.807, 2.05) is 19.1 Å². The van der Waals surface area contributed by atoms with Crippen molar-refractivity contribution in [3.05, 3.63) is 58.1 Å². The molecule has 1 aromatic carbocycles. The largest absolute Gasteiger partial charge is 0.322 e. The maximum atomic E-state index is 6.10. The molecular weight excluding hydrogens is 278 g/mol. The average molecular weight is 292 g/mol. The Balaban J connectivity index is 2.08. The SMILES string of the molecule is Cc1cnc(C(N)Cc2ccc(Br)cc2)cn1. The fourth-order valence-corrected chi connectivity index (χ4v) is 1.84. The van der Waals surface area contributed by atoms with Crippen molar-refractivity contribution in [1.82, 2.24) is 9.97 Å². The van der Waals surface area contributed by atoms with Crippen LogP contribution in [-0.4, -0.2) is 9.97 Å².